The molecule has 2 heterocycles. The zero-order valence-electron chi connectivity index (χ0n) is 15.8. The fraction of sp³-hybridized carbons (Fsp3) is 0.273. The molecular weight excluding hydrogens is 354 g/mol. The number of phenolic OH excluding ortho intramolecular Hbond substituents is 1. The highest BCUT2D eigenvalue weighted by molar-refractivity contribution is 5.78. The van der Waals surface area contributed by atoms with Crippen LogP contribution in [0.25, 0.3) is 11.3 Å². The average Bonchev–Trinajstić information content (AvgIpc) is 2.89. The molecule has 144 valence electrons. The molecule has 1 aliphatic rings. The highest BCUT2D eigenvalue weighted by Gasteiger charge is 2.24. The lowest BCUT2D eigenvalue weighted by atomic mass is 10.0. The number of hydrogen-bond acceptors (Lipinski definition) is 4. The zero-order chi connectivity index (χ0) is 19.5. The van der Waals surface area contributed by atoms with Crippen LogP contribution < -0.4 is 4.74 Å². The second-order valence-corrected chi connectivity index (χ2v) is 6.90. The van der Waals surface area contributed by atoms with E-state index in [1.165, 1.54) is 11.3 Å². The van der Waals surface area contributed by atoms with Crippen LogP contribution in [0.2, 0.25) is 0 Å². The van der Waals surface area contributed by atoms with Crippen molar-refractivity contribution >= 4 is 5.91 Å². The second kappa shape index (κ2) is 7.76. The van der Waals surface area contributed by atoms with E-state index in [0.29, 0.717) is 18.8 Å². The largest absolute Gasteiger partial charge is 0.504 e. The van der Waals surface area contributed by atoms with E-state index in [4.69, 9.17) is 9.84 Å². The molecule has 0 spiro atoms. The van der Waals surface area contributed by atoms with Crippen molar-refractivity contribution in [3.8, 4) is 22.8 Å². The molecule has 2 aromatic carbocycles. The summed E-state index contributed by atoms with van der Waals surface area (Å²) in [7, 11) is 1.96. The molecule has 0 atom stereocenters. The molecular formula is C22H23N3O3. The highest BCUT2D eigenvalue weighted by atomic mass is 16.5. The first-order valence-corrected chi connectivity index (χ1v) is 9.42. The first-order chi connectivity index (χ1) is 13.6. The van der Waals surface area contributed by atoms with E-state index < -0.39 is 0 Å². The van der Waals surface area contributed by atoms with Crippen LogP contribution in [-0.4, -0.2) is 45.4 Å². The number of fused-ring (bicyclic) bond motifs is 1. The summed E-state index contributed by atoms with van der Waals surface area (Å²) < 4.78 is 7.44. The van der Waals surface area contributed by atoms with Gasteiger partial charge in [0.15, 0.2) is 18.1 Å². The molecule has 0 bridgehead atoms. The number of ether oxygens (including phenoxy) is 1. The number of benzene rings is 2. The Morgan fingerprint density at radius 3 is 2.57 bits per heavy atom. The number of rotatable bonds is 4. The van der Waals surface area contributed by atoms with Gasteiger partial charge in [-0.25, -0.2) is 0 Å². The van der Waals surface area contributed by atoms with Crippen LogP contribution in [0.5, 0.6) is 11.5 Å². The summed E-state index contributed by atoms with van der Waals surface area (Å²) >= 11 is 0. The molecule has 6 heteroatoms. The maximum absolute atomic E-state index is 12.6. The normalized spacial score (nSPS) is 13.7. The third-order valence-electron chi connectivity index (χ3n) is 5.14. The van der Waals surface area contributed by atoms with Gasteiger partial charge in [0.05, 0.1) is 5.69 Å². The number of para-hydroxylation sites is 2. The van der Waals surface area contributed by atoms with Gasteiger partial charge in [-0.3, -0.25) is 9.48 Å². The van der Waals surface area contributed by atoms with Crippen LogP contribution in [0.15, 0.2) is 54.6 Å². The molecule has 0 saturated carbocycles. The molecule has 28 heavy (non-hydrogen) atoms. The summed E-state index contributed by atoms with van der Waals surface area (Å²) in [4.78, 5) is 14.5. The number of phenols is 1. The third-order valence-corrected chi connectivity index (χ3v) is 5.14. The number of carbonyl (C=O) groups excluding carboxylic acids is 1. The van der Waals surface area contributed by atoms with E-state index in [1.807, 2.05) is 34.8 Å². The molecule has 1 aromatic heterocycles. The van der Waals surface area contributed by atoms with Crippen molar-refractivity contribution in [1.82, 2.24) is 14.7 Å². The third kappa shape index (κ3) is 3.58. The Morgan fingerprint density at radius 1 is 1.07 bits per heavy atom. The Hall–Kier alpha value is -3.28. The molecule has 0 saturated heterocycles. The smallest absolute Gasteiger partial charge is 0.260 e. The molecule has 0 radical (unpaired) electrons. The van der Waals surface area contributed by atoms with Crippen molar-refractivity contribution in [2.24, 2.45) is 7.05 Å². The topological polar surface area (TPSA) is 67.6 Å². The number of aromatic hydroxyl groups is 1. The Kier molecular flexibility index (Phi) is 5.02. The van der Waals surface area contributed by atoms with E-state index in [0.717, 1.165) is 24.1 Å². The highest BCUT2D eigenvalue weighted by Crippen LogP contribution is 2.28. The van der Waals surface area contributed by atoms with E-state index in [1.54, 1.807) is 24.3 Å². The molecule has 3 aromatic rings. The van der Waals surface area contributed by atoms with Crippen molar-refractivity contribution in [3.63, 3.8) is 0 Å². The van der Waals surface area contributed by atoms with Gasteiger partial charge in [0.25, 0.3) is 5.91 Å². The molecule has 0 unspecified atom stereocenters. The lowest BCUT2D eigenvalue weighted by molar-refractivity contribution is -0.133. The predicted octanol–water partition coefficient (Wildman–Crippen LogP) is 2.80. The van der Waals surface area contributed by atoms with E-state index in [9.17, 15) is 9.90 Å². The van der Waals surface area contributed by atoms with Crippen molar-refractivity contribution in [2.45, 2.75) is 12.8 Å². The number of aromatic nitrogens is 2. The minimum Gasteiger partial charge on any atom is -0.504 e. The molecule has 6 nitrogen and oxygen atoms in total. The number of aryl methyl sites for hydroxylation is 1. The van der Waals surface area contributed by atoms with E-state index >= 15 is 0 Å². The first kappa shape index (κ1) is 18.1. The van der Waals surface area contributed by atoms with Gasteiger partial charge in [0.2, 0.25) is 0 Å². The van der Waals surface area contributed by atoms with Gasteiger partial charge in [-0.1, -0.05) is 42.5 Å². The van der Waals surface area contributed by atoms with Crippen molar-refractivity contribution < 1.29 is 14.6 Å². The Morgan fingerprint density at radius 2 is 1.79 bits per heavy atom. The Bertz CT molecular complexity index is 982. The summed E-state index contributed by atoms with van der Waals surface area (Å²) in [6, 6.07) is 16.8. The molecule has 0 fully saturated rings. The number of nitrogens with zero attached hydrogens (tertiary/aromatic N) is 3. The Balaban J connectivity index is 1.46. The minimum absolute atomic E-state index is 0.0390. The van der Waals surface area contributed by atoms with Gasteiger partial charge in [-0.2, -0.15) is 5.10 Å². The summed E-state index contributed by atoms with van der Waals surface area (Å²) in [6.45, 7) is 1.17. The van der Waals surface area contributed by atoms with Crippen molar-refractivity contribution in [2.75, 3.05) is 19.7 Å². The second-order valence-electron chi connectivity index (χ2n) is 6.90. The predicted molar refractivity (Wildman–Crippen MR) is 106 cm³/mol. The number of carbonyl (C=O) groups is 1. The van der Waals surface area contributed by atoms with Gasteiger partial charge in [-0.15, -0.1) is 0 Å². The molecule has 1 amide bonds. The van der Waals surface area contributed by atoms with Crippen molar-refractivity contribution in [3.05, 3.63) is 65.9 Å². The van der Waals surface area contributed by atoms with Gasteiger partial charge in [0.1, 0.15) is 0 Å². The van der Waals surface area contributed by atoms with Crippen LogP contribution in [-0.2, 0) is 24.7 Å². The maximum atomic E-state index is 12.6. The van der Waals surface area contributed by atoms with Crippen LogP contribution >= 0.6 is 0 Å². The monoisotopic (exact) mass is 377 g/mol. The first-order valence-electron chi connectivity index (χ1n) is 9.42. The van der Waals surface area contributed by atoms with Crippen LogP contribution in [0.3, 0.4) is 0 Å². The number of hydrogen-bond donors (Lipinski definition) is 1. The lowest BCUT2D eigenvalue weighted by Crippen LogP contribution is -2.37. The summed E-state index contributed by atoms with van der Waals surface area (Å²) in [5, 5.41) is 14.5. The zero-order valence-corrected chi connectivity index (χ0v) is 15.8. The van der Waals surface area contributed by atoms with Gasteiger partial charge >= 0.3 is 0 Å². The van der Waals surface area contributed by atoms with Crippen LogP contribution in [0.4, 0.5) is 0 Å². The summed E-state index contributed by atoms with van der Waals surface area (Å²) in [6.07, 6.45) is 1.52. The fourth-order valence-electron chi connectivity index (χ4n) is 3.66. The standard InChI is InChI=1S/C22H23N3O3/c1-24-18-12-14-25(21(27)15-28-20-10-6-5-9-19(20)26)13-11-17(18)22(23-24)16-7-3-2-4-8-16/h2-10,26H,11-15H2,1H3. The van der Waals surface area contributed by atoms with Gasteiger partial charge in [-0.05, 0) is 18.6 Å². The fourth-order valence-corrected chi connectivity index (χ4v) is 3.66. The number of amides is 1. The van der Waals surface area contributed by atoms with Gasteiger partial charge in [0, 0.05) is 43.4 Å². The van der Waals surface area contributed by atoms with Gasteiger partial charge < -0.3 is 14.7 Å². The SMILES string of the molecule is Cn1nc(-c2ccccc2)c2c1CCN(C(=O)COc1ccccc1O)CC2. The molecule has 4 rings (SSSR count). The van der Waals surface area contributed by atoms with E-state index in [-0.39, 0.29) is 18.3 Å². The maximum Gasteiger partial charge on any atom is 0.260 e. The molecule has 0 aliphatic carbocycles. The average molecular weight is 377 g/mol. The minimum atomic E-state index is -0.0856. The summed E-state index contributed by atoms with van der Waals surface area (Å²) in [5.74, 6) is 0.284. The Labute approximate surface area is 164 Å². The van der Waals surface area contributed by atoms with Crippen molar-refractivity contribution in [1.29, 1.82) is 0 Å². The molecule has 1 N–H and O–H groups in total. The summed E-state index contributed by atoms with van der Waals surface area (Å²) in [5.41, 5.74) is 4.49. The van der Waals surface area contributed by atoms with E-state index in [2.05, 4.69) is 12.1 Å². The lowest BCUT2D eigenvalue weighted by Gasteiger charge is -2.20. The van der Waals surface area contributed by atoms with Crippen LogP contribution in [0.1, 0.15) is 11.3 Å². The molecule has 1 aliphatic heterocycles. The quantitative estimate of drug-likeness (QED) is 0.759. The van der Waals surface area contributed by atoms with Crippen LogP contribution in [0, 0.1) is 0 Å².